The first-order chi connectivity index (χ1) is 12.2. The normalized spacial score (nSPS) is 14.6. The molecule has 0 bridgehead atoms. The fraction of sp³-hybridized carbons (Fsp3) is 0.389. The van der Waals surface area contributed by atoms with E-state index < -0.39 is 6.09 Å². The molecule has 1 aromatic carbocycles. The van der Waals surface area contributed by atoms with Crippen LogP contribution >= 0.6 is 0 Å². The van der Waals surface area contributed by atoms with Gasteiger partial charge in [-0.25, -0.2) is 4.79 Å². The van der Waals surface area contributed by atoms with Crippen LogP contribution in [0, 0.1) is 0 Å². The van der Waals surface area contributed by atoms with Crippen LogP contribution in [0.1, 0.15) is 53.5 Å². The summed E-state index contributed by atoms with van der Waals surface area (Å²) in [5, 5.41) is 12.6. The van der Waals surface area contributed by atoms with E-state index in [1.807, 2.05) is 30.3 Å². The van der Waals surface area contributed by atoms with Crippen LogP contribution in [0.5, 0.6) is 0 Å². The molecule has 2 aromatic rings. The maximum absolute atomic E-state index is 12.3. The molecule has 0 aliphatic heterocycles. The number of benzene rings is 1. The van der Waals surface area contributed by atoms with Crippen LogP contribution in [0.25, 0.3) is 0 Å². The highest BCUT2D eigenvalue weighted by Gasteiger charge is 2.26. The van der Waals surface area contributed by atoms with E-state index in [0.29, 0.717) is 11.6 Å². The van der Waals surface area contributed by atoms with Crippen molar-refractivity contribution in [3.63, 3.8) is 0 Å². The average molecular weight is 342 g/mol. The van der Waals surface area contributed by atoms with Gasteiger partial charge in [0.2, 0.25) is 0 Å². The van der Waals surface area contributed by atoms with Gasteiger partial charge in [-0.05, 0) is 31.4 Å². The quantitative estimate of drug-likeness (QED) is 0.720. The predicted molar refractivity (Wildman–Crippen MR) is 92.2 cm³/mol. The first kappa shape index (κ1) is 17.0. The molecule has 1 heterocycles. The number of carbonyl (C=O) groups is 2. The predicted octanol–water partition coefficient (Wildman–Crippen LogP) is 2.50. The number of amides is 2. The molecule has 1 atom stereocenters. The number of aromatic nitrogens is 2. The minimum Gasteiger partial charge on any atom is -0.450 e. The lowest BCUT2D eigenvalue weighted by Crippen LogP contribution is -2.38. The van der Waals surface area contributed by atoms with Crippen LogP contribution in [0.15, 0.2) is 36.4 Å². The Balaban J connectivity index is 1.62. The maximum atomic E-state index is 12.3. The van der Waals surface area contributed by atoms with Crippen molar-refractivity contribution in [2.24, 2.45) is 0 Å². The summed E-state index contributed by atoms with van der Waals surface area (Å²) in [5.41, 5.74) is 2.26. The summed E-state index contributed by atoms with van der Waals surface area (Å²) in [6.07, 6.45) is 1.77. The molecule has 7 nitrogen and oxygen atoms in total. The summed E-state index contributed by atoms with van der Waals surface area (Å²) >= 11 is 0. The number of ether oxygens (including phenoxy) is 1. The van der Waals surface area contributed by atoms with Crippen LogP contribution in [0.4, 0.5) is 4.79 Å². The van der Waals surface area contributed by atoms with Gasteiger partial charge in [0, 0.05) is 18.2 Å². The van der Waals surface area contributed by atoms with Crippen molar-refractivity contribution >= 4 is 12.0 Å². The summed E-state index contributed by atoms with van der Waals surface area (Å²) in [6, 6.07) is 10.9. The van der Waals surface area contributed by atoms with Crippen molar-refractivity contribution in [1.82, 2.24) is 20.8 Å². The zero-order valence-corrected chi connectivity index (χ0v) is 14.1. The molecule has 3 rings (SSSR count). The average Bonchev–Trinajstić information content (AvgIpc) is 3.36. The molecule has 132 valence electrons. The lowest BCUT2D eigenvalue weighted by Gasteiger charge is -2.19. The standard InChI is InChI=1S/C18H22N4O3/c1-2-25-18(24)20-16(12-6-4-3-5-7-12)11-19-17(23)15-10-14(21-22-15)13-8-9-13/h3-7,10,13,16H,2,8-9,11H2,1H3,(H,19,23)(H,20,24)(H,21,22). The number of alkyl carbamates (subject to hydrolysis) is 1. The Kier molecular flexibility index (Phi) is 5.33. The van der Waals surface area contributed by atoms with Gasteiger partial charge in [0.15, 0.2) is 0 Å². The van der Waals surface area contributed by atoms with E-state index in [9.17, 15) is 9.59 Å². The molecule has 25 heavy (non-hydrogen) atoms. The Labute approximate surface area is 146 Å². The van der Waals surface area contributed by atoms with Crippen molar-refractivity contribution in [3.8, 4) is 0 Å². The largest absolute Gasteiger partial charge is 0.450 e. The molecule has 0 radical (unpaired) electrons. The van der Waals surface area contributed by atoms with E-state index in [4.69, 9.17) is 4.74 Å². The second-order valence-corrected chi connectivity index (χ2v) is 6.02. The molecular weight excluding hydrogens is 320 g/mol. The van der Waals surface area contributed by atoms with Gasteiger partial charge in [0.1, 0.15) is 5.69 Å². The highest BCUT2D eigenvalue weighted by molar-refractivity contribution is 5.92. The van der Waals surface area contributed by atoms with Gasteiger partial charge >= 0.3 is 6.09 Å². The Morgan fingerprint density at radius 1 is 1.32 bits per heavy atom. The fourth-order valence-electron chi connectivity index (χ4n) is 2.59. The van der Waals surface area contributed by atoms with Gasteiger partial charge in [-0.1, -0.05) is 30.3 Å². The molecule has 1 unspecified atom stereocenters. The van der Waals surface area contributed by atoms with Gasteiger partial charge in [-0.2, -0.15) is 5.10 Å². The number of H-pyrrole nitrogens is 1. The number of hydrogen-bond acceptors (Lipinski definition) is 4. The maximum Gasteiger partial charge on any atom is 0.407 e. The minimum absolute atomic E-state index is 0.243. The second-order valence-electron chi connectivity index (χ2n) is 6.02. The summed E-state index contributed by atoms with van der Waals surface area (Å²) < 4.78 is 4.94. The minimum atomic E-state index is -0.513. The Hall–Kier alpha value is -2.83. The number of hydrogen-bond donors (Lipinski definition) is 3. The van der Waals surface area contributed by atoms with Gasteiger partial charge in [-0.15, -0.1) is 0 Å². The van der Waals surface area contributed by atoms with E-state index in [1.165, 1.54) is 0 Å². The topological polar surface area (TPSA) is 96.1 Å². The zero-order valence-electron chi connectivity index (χ0n) is 14.1. The molecule has 2 amide bonds. The van der Waals surface area contributed by atoms with Crippen molar-refractivity contribution in [2.45, 2.75) is 31.7 Å². The molecule has 1 aromatic heterocycles. The fourth-order valence-corrected chi connectivity index (χ4v) is 2.59. The number of nitrogens with one attached hydrogen (secondary N) is 3. The van der Waals surface area contributed by atoms with Crippen LogP contribution in [-0.4, -0.2) is 35.3 Å². The summed E-state index contributed by atoms with van der Waals surface area (Å²) in [5.74, 6) is 0.242. The van der Waals surface area contributed by atoms with E-state index in [2.05, 4.69) is 20.8 Å². The van der Waals surface area contributed by atoms with Gasteiger partial charge in [-0.3, -0.25) is 9.89 Å². The molecule has 7 heteroatoms. The number of carbonyl (C=O) groups excluding carboxylic acids is 2. The Bertz CT molecular complexity index is 725. The SMILES string of the molecule is CCOC(=O)NC(CNC(=O)c1cc(C2CC2)[nH]n1)c1ccccc1. The Morgan fingerprint density at radius 3 is 2.76 bits per heavy atom. The van der Waals surface area contributed by atoms with E-state index in [0.717, 1.165) is 24.1 Å². The Morgan fingerprint density at radius 2 is 2.08 bits per heavy atom. The third-order valence-electron chi connectivity index (χ3n) is 4.08. The van der Waals surface area contributed by atoms with Crippen LogP contribution in [0.3, 0.4) is 0 Å². The number of aromatic amines is 1. The van der Waals surface area contributed by atoms with Crippen molar-refractivity contribution in [3.05, 3.63) is 53.3 Å². The van der Waals surface area contributed by atoms with Crippen LogP contribution in [0.2, 0.25) is 0 Å². The van der Waals surface area contributed by atoms with Crippen molar-refractivity contribution in [1.29, 1.82) is 0 Å². The lowest BCUT2D eigenvalue weighted by atomic mass is 10.1. The van der Waals surface area contributed by atoms with E-state index in [1.54, 1.807) is 13.0 Å². The van der Waals surface area contributed by atoms with Crippen molar-refractivity contribution < 1.29 is 14.3 Å². The third-order valence-corrected chi connectivity index (χ3v) is 4.08. The van der Waals surface area contributed by atoms with E-state index >= 15 is 0 Å². The molecule has 1 aliphatic rings. The number of rotatable bonds is 7. The monoisotopic (exact) mass is 342 g/mol. The number of nitrogens with zero attached hydrogens (tertiary/aromatic N) is 1. The third kappa shape index (κ3) is 4.59. The molecular formula is C18H22N4O3. The van der Waals surface area contributed by atoms with Crippen LogP contribution < -0.4 is 10.6 Å². The second kappa shape index (κ2) is 7.83. The highest BCUT2D eigenvalue weighted by atomic mass is 16.5. The summed E-state index contributed by atoms with van der Waals surface area (Å²) in [7, 11) is 0. The van der Waals surface area contributed by atoms with E-state index in [-0.39, 0.29) is 25.1 Å². The highest BCUT2D eigenvalue weighted by Crippen LogP contribution is 2.38. The van der Waals surface area contributed by atoms with Gasteiger partial charge in [0.05, 0.1) is 12.6 Å². The molecule has 1 aliphatic carbocycles. The molecule has 1 saturated carbocycles. The molecule has 1 fully saturated rings. The summed E-state index contributed by atoms with van der Waals surface area (Å²) in [6.45, 7) is 2.28. The first-order valence-electron chi connectivity index (χ1n) is 8.49. The zero-order chi connectivity index (χ0) is 17.6. The van der Waals surface area contributed by atoms with Gasteiger partial charge < -0.3 is 15.4 Å². The van der Waals surface area contributed by atoms with Gasteiger partial charge in [0.25, 0.3) is 5.91 Å². The smallest absolute Gasteiger partial charge is 0.407 e. The molecule has 0 saturated heterocycles. The summed E-state index contributed by atoms with van der Waals surface area (Å²) in [4.78, 5) is 24.1. The van der Waals surface area contributed by atoms with Crippen molar-refractivity contribution in [2.75, 3.05) is 13.2 Å². The molecule has 0 spiro atoms. The first-order valence-corrected chi connectivity index (χ1v) is 8.49. The van der Waals surface area contributed by atoms with Crippen LogP contribution in [-0.2, 0) is 4.74 Å². The molecule has 3 N–H and O–H groups in total. The lowest BCUT2D eigenvalue weighted by molar-refractivity contribution is 0.0941.